The predicted octanol–water partition coefficient (Wildman–Crippen LogP) is 19.3. The number of anilines is 3. The zero-order valence-corrected chi connectivity index (χ0v) is 42.2. The van der Waals surface area contributed by atoms with Gasteiger partial charge in [-0.2, -0.15) is 0 Å². The highest BCUT2D eigenvalue weighted by Gasteiger charge is 2.53. The van der Waals surface area contributed by atoms with Gasteiger partial charge >= 0.3 is 0 Å². The van der Waals surface area contributed by atoms with Crippen molar-refractivity contribution in [2.45, 2.75) is 10.8 Å². The third-order valence-corrected chi connectivity index (χ3v) is 17.2. The van der Waals surface area contributed by atoms with Gasteiger partial charge in [0.05, 0.1) is 10.8 Å². The lowest BCUT2D eigenvalue weighted by Crippen LogP contribution is -2.32. The first-order valence-electron chi connectivity index (χ1n) is 26.8. The maximum Gasteiger partial charge on any atom is 0.136 e. The van der Waals surface area contributed by atoms with Gasteiger partial charge in [-0.15, -0.1) is 0 Å². The van der Waals surface area contributed by atoms with E-state index in [9.17, 15) is 0 Å². The lowest BCUT2D eigenvalue weighted by molar-refractivity contribution is 0.436. The van der Waals surface area contributed by atoms with Crippen molar-refractivity contribution in [2.75, 3.05) is 4.90 Å². The van der Waals surface area contributed by atoms with E-state index in [-0.39, 0.29) is 0 Å². The van der Waals surface area contributed by atoms with Crippen LogP contribution in [-0.2, 0) is 10.8 Å². The van der Waals surface area contributed by atoms with E-state index in [1.54, 1.807) is 0 Å². The Morgan fingerprint density at radius 1 is 0.256 bits per heavy atom. The van der Waals surface area contributed by atoms with Gasteiger partial charge < -0.3 is 18.8 Å². The summed E-state index contributed by atoms with van der Waals surface area (Å²) >= 11 is 0. The fraction of sp³-hybridized carbons (Fsp3) is 0.0270. The molecule has 4 aliphatic rings. The highest BCUT2D eigenvalue weighted by atomic mass is 16.5. The molecule has 17 rings (SSSR count). The highest BCUT2D eigenvalue weighted by molar-refractivity contribution is 6.06. The smallest absolute Gasteiger partial charge is 0.136 e. The molecule has 0 radical (unpaired) electrons. The minimum atomic E-state index is -0.630. The first kappa shape index (κ1) is 43.1. The van der Waals surface area contributed by atoms with Gasteiger partial charge in [0.2, 0.25) is 0 Å². The number of rotatable bonds is 5. The summed E-state index contributed by atoms with van der Waals surface area (Å²) in [5.74, 6) is 3.51. The van der Waals surface area contributed by atoms with Gasteiger partial charge in [-0.3, -0.25) is 0 Å². The Morgan fingerprint density at radius 3 is 1.41 bits per heavy atom. The Balaban J connectivity index is 0.873. The van der Waals surface area contributed by atoms with Gasteiger partial charge in [0.1, 0.15) is 34.2 Å². The Bertz CT molecular complexity index is 4570. The number of benzene rings is 12. The van der Waals surface area contributed by atoms with Crippen molar-refractivity contribution in [1.29, 1.82) is 0 Å². The van der Waals surface area contributed by atoms with E-state index >= 15 is 0 Å². The summed E-state index contributed by atoms with van der Waals surface area (Å²) in [6, 6.07) is 99.3. The molecule has 0 bridgehead atoms. The van der Waals surface area contributed by atoms with Gasteiger partial charge in [-0.05, 0) is 146 Å². The molecule has 0 atom stereocenters. The van der Waals surface area contributed by atoms with Crippen LogP contribution < -0.4 is 14.4 Å². The highest BCUT2D eigenvalue weighted by Crippen LogP contribution is 2.65. The molecule has 2 aliphatic carbocycles. The molecule has 0 saturated heterocycles. The molecule has 1 aromatic heterocycles. The number of ether oxygens (including phenoxy) is 2. The minimum absolute atomic E-state index is 0.576. The molecule has 4 nitrogen and oxygen atoms in total. The van der Waals surface area contributed by atoms with Crippen LogP contribution in [0.2, 0.25) is 0 Å². The summed E-state index contributed by atoms with van der Waals surface area (Å²) in [5, 5.41) is 2.25. The number of furan rings is 1. The third-order valence-electron chi connectivity index (χ3n) is 17.2. The number of hydrogen-bond donors (Lipinski definition) is 0. The normalized spacial score (nSPS) is 14.1. The maximum atomic E-state index is 6.76. The van der Waals surface area contributed by atoms with Crippen LogP contribution in [0.15, 0.2) is 277 Å². The fourth-order valence-electron chi connectivity index (χ4n) is 14.1. The summed E-state index contributed by atoms with van der Waals surface area (Å²) in [4.78, 5) is 2.44. The summed E-state index contributed by atoms with van der Waals surface area (Å²) in [5.41, 5.74) is 22.7. The van der Waals surface area contributed by atoms with Gasteiger partial charge in [-0.25, -0.2) is 0 Å². The SMILES string of the molecule is c1cc(-c2cccc3c2-c2ccccc2C32c3ccccc3Oc3ccccc32)cc(N(c2ccc(-c3ccc4c(c3)oc3ccccc34)cc2)c2ccc3c(c2)C2(c4ccccc4Oc4ccccc42)c2ccccc2-3)c1. The van der Waals surface area contributed by atoms with Crippen LogP contribution in [0.1, 0.15) is 44.5 Å². The Morgan fingerprint density at radius 2 is 0.731 bits per heavy atom. The van der Waals surface area contributed by atoms with E-state index in [4.69, 9.17) is 13.9 Å². The second kappa shape index (κ2) is 16.2. The molecule has 0 fully saturated rings. The Kier molecular flexibility index (Phi) is 8.94. The zero-order chi connectivity index (χ0) is 51.1. The molecule has 2 aliphatic heterocycles. The number of nitrogens with zero attached hydrogens (tertiary/aromatic N) is 1. The number of para-hydroxylation sites is 5. The second-order valence-electron chi connectivity index (χ2n) is 21.0. The van der Waals surface area contributed by atoms with Crippen molar-refractivity contribution in [1.82, 2.24) is 0 Å². The molecule has 2 spiro atoms. The van der Waals surface area contributed by atoms with Crippen LogP contribution in [0.3, 0.4) is 0 Å². The van der Waals surface area contributed by atoms with E-state index in [2.05, 4.69) is 266 Å². The van der Waals surface area contributed by atoms with Crippen LogP contribution in [0.4, 0.5) is 17.1 Å². The molecule has 0 unspecified atom stereocenters. The van der Waals surface area contributed by atoms with E-state index in [0.717, 1.165) is 101 Å². The topological polar surface area (TPSA) is 34.8 Å². The second-order valence-corrected chi connectivity index (χ2v) is 21.0. The fourth-order valence-corrected chi connectivity index (χ4v) is 14.1. The van der Waals surface area contributed by atoms with Gasteiger partial charge in [0.25, 0.3) is 0 Å². The summed E-state index contributed by atoms with van der Waals surface area (Å²) in [6.45, 7) is 0. The van der Waals surface area contributed by atoms with Crippen molar-refractivity contribution in [3.63, 3.8) is 0 Å². The van der Waals surface area contributed by atoms with Crippen molar-refractivity contribution >= 4 is 39.0 Å². The van der Waals surface area contributed by atoms with Crippen LogP contribution in [0.25, 0.3) is 66.4 Å². The number of hydrogen-bond acceptors (Lipinski definition) is 4. The van der Waals surface area contributed by atoms with E-state index in [1.807, 2.05) is 12.1 Å². The predicted molar refractivity (Wildman–Crippen MR) is 314 cm³/mol. The molecule has 12 aromatic carbocycles. The monoisotopic (exact) mass is 995 g/mol. The van der Waals surface area contributed by atoms with E-state index in [0.29, 0.717) is 0 Å². The zero-order valence-electron chi connectivity index (χ0n) is 42.2. The van der Waals surface area contributed by atoms with Crippen LogP contribution in [0.5, 0.6) is 23.0 Å². The van der Waals surface area contributed by atoms with E-state index in [1.165, 1.54) is 50.1 Å². The molecule has 0 N–H and O–H groups in total. The average molecular weight is 996 g/mol. The lowest BCUT2D eigenvalue weighted by atomic mass is 9.66. The molecule has 13 aromatic rings. The molecule has 0 amide bonds. The lowest BCUT2D eigenvalue weighted by Gasteiger charge is -2.39. The molecular formula is C74H45NO3. The Hall–Kier alpha value is -10.2. The Labute approximate surface area is 451 Å². The molecule has 0 saturated carbocycles. The molecule has 3 heterocycles. The first-order valence-corrected chi connectivity index (χ1v) is 26.8. The number of fused-ring (bicyclic) bond motifs is 21. The molecular weight excluding hydrogens is 951 g/mol. The minimum Gasteiger partial charge on any atom is -0.457 e. The van der Waals surface area contributed by atoms with Gasteiger partial charge in [0, 0.05) is 50.1 Å². The largest absolute Gasteiger partial charge is 0.457 e. The van der Waals surface area contributed by atoms with Crippen LogP contribution in [-0.4, -0.2) is 0 Å². The van der Waals surface area contributed by atoms with Crippen LogP contribution in [0, 0.1) is 0 Å². The van der Waals surface area contributed by atoms with Crippen molar-refractivity contribution in [3.05, 3.63) is 317 Å². The standard InChI is InChI=1S/C74H45NO3/c1-4-23-58-53(19-1)54-42-40-51(45-65(54)74(58)62-27-8-13-33-69(62)78-70-34-14-9-28-63(70)74)75(49-38-35-46(36-39-49)47-37-41-56-55-20-3-10-30-66(55)76-71(56)44-47)50-18-15-17-48(43-50)52-22-16-29-64-72(52)57-21-2-5-24-59(57)73(64)60-25-6-11-31-67(60)77-68-32-12-7-26-61(68)73/h1-45H. The first-order chi connectivity index (χ1) is 38.7. The summed E-state index contributed by atoms with van der Waals surface area (Å²) in [6.07, 6.45) is 0. The quantitative estimate of drug-likeness (QED) is 0.172. The van der Waals surface area contributed by atoms with Crippen molar-refractivity contribution < 1.29 is 13.9 Å². The van der Waals surface area contributed by atoms with E-state index < -0.39 is 10.8 Å². The summed E-state index contributed by atoms with van der Waals surface area (Å²) < 4.78 is 19.8. The molecule has 4 heteroatoms. The maximum absolute atomic E-state index is 6.76. The van der Waals surface area contributed by atoms with Gasteiger partial charge in [-0.1, -0.05) is 194 Å². The third kappa shape index (κ3) is 5.78. The van der Waals surface area contributed by atoms with Crippen molar-refractivity contribution in [2.24, 2.45) is 0 Å². The van der Waals surface area contributed by atoms with Gasteiger partial charge in [0.15, 0.2) is 0 Å². The van der Waals surface area contributed by atoms with Crippen LogP contribution >= 0.6 is 0 Å². The summed E-state index contributed by atoms with van der Waals surface area (Å²) in [7, 11) is 0. The molecule has 364 valence electrons. The average Bonchev–Trinajstić information content (AvgIpc) is 4.12. The molecule has 78 heavy (non-hydrogen) atoms. The van der Waals surface area contributed by atoms with Crippen molar-refractivity contribution in [3.8, 4) is 67.5 Å².